The van der Waals surface area contributed by atoms with Crippen LogP contribution in [0.25, 0.3) is 0 Å². The molecule has 0 aromatic carbocycles. The van der Waals surface area contributed by atoms with Gasteiger partial charge < -0.3 is 10.5 Å². The minimum atomic E-state index is -0.960. The molecule has 4 heteroatoms. The highest BCUT2D eigenvalue weighted by Crippen LogP contribution is 2.26. The molecule has 1 fully saturated rings. The average Bonchev–Trinajstić information content (AvgIpc) is 2.64. The van der Waals surface area contributed by atoms with Crippen molar-refractivity contribution in [2.24, 2.45) is 11.0 Å². The molecule has 80 valence electrons. The van der Waals surface area contributed by atoms with Crippen LogP contribution in [0.15, 0.2) is 5.10 Å². The van der Waals surface area contributed by atoms with E-state index >= 15 is 0 Å². The number of hydrazone groups is 1. The quantitative estimate of drug-likeness (QED) is 0.401. The molecular weight excluding hydrogens is 180 g/mol. The number of nitrogens with zero attached hydrogens (tertiary/aromatic N) is 1. The van der Waals surface area contributed by atoms with Crippen molar-refractivity contribution >= 4 is 11.7 Å². The van der Waals surface area contributed by atoms with Crippen LogP contribution in [0.5, 0.6) is 0 Å². The van der Waals surface area contributed by atoms with Crippen LogP contribution in [-0.2, 0) is 4.79 Å². The largest absolute Gasteiger partial charge is 0.477 e. The normalized spacial score (nSPS) is 18.5. The zero-order valence-electron chi connectivity index (χ0n) is 8.62. The van der Waals surface area contributed by atoms with E-state index in [-0.39, 0.29) is 5.71 Å². The first-order chi connectivity index (χ1) is 6.70. The molecule has 0 unspecified atom stereocenters. The molecule has 4 nitrogen and oxygen atoms in total. The van der Waals surface area contributed by atoms with Crippen molar-refractivity contribution < 1.29 is 9.90 Å². The number of hydrogen-bond acceptors (Lipinski definition) is 3. The van der Waals surface area contributed by atoms with Gasteiger partial charge in [-0.1, -0.05) is 25.7 Å². The SMILES string of the molecule is C/C(=N\NCCC1CCCC1)C(=O)O. The van der Waals surface area contributed by atoms with Crippen molar-refractivity contribution in [3.05, 3.63) is 0 Å². The first-order valence-corrected chi connectivity index (χ1v) is 5.20. The molecule has 0 aromatic heterocycles. The molecule has 0 radical (unpaired) electrons. The highest BCUT2D eigenvalue weighted by Gasteiger charge is 2.13. The van der Waals surface area contributed by atoms with E-state index < -0.39 is 5.97 Å². The highest BCUT2D eigenvalue weighted by atomic mass is 16.4. The van der Waals surface area contributed by atoms with Gasteiger partial charge in [0.1, 0.15) is 5.71 Å². The van der Waals surface area contributed by atoms with Crippen molar-refractivity contribution in [2.75, 3.05) is 6.54 Å². The monoisotopic (exact) mass is 198 g/mol. The molecule has 0 spiro atoms. The molecule has 1 saturated carbocycles. The molecule has 2 N–H and O–H groups in total. The van der Waals surface area contributed by atoms with E-state index in [0.717, 1.165) is 18.9 Å². The van der Waals surface area contributed by atoms with Crippen LogP contribution in [0.2, 0.25) is 0 Å². The predicted molar refractivity (Wildman–Crippen MR) is 55.3 cm³/mol. The first kappa shape index (κ1) is 11.0. The van der Waals surface area contributed by atoms with Crippen molar-refractivity contribution in [2.45, 2.75) is 39.0 Å². The van der Waals surface area contributed by atoms with Crippen LogP contribution in [-0.4, -0.2) is 23.3 Å². The van der Waals surface area contributed by atoms with E-state index in [1.165, 1.54) is 32.6 Å². The number of carboxylic acids is 1. The highest BCUT2D eigenvalue weighted by molar-refractivity contribution is 6.34. The second kappa shape index (κ2) is 5.62. The number of rotatable bonds is 5. The smallest absolute Gasteiger partial charge is 0.351 e. The van der Waals surface area contributed by atoms with Gasteiger partial charge in [0.2, 0.25) is 0 Å². The van der Waals surface area contributed by atoms with Crippen molar-refractivity contribution in [3.63, 3.8) is 0 Å². The summed E-state index contributed by atoms with van der Waals surface area (Å²) >= 11 is 0. The third-order valence-electron chi connectivity index (χ3n) is 2.70. The van der Waals surface area contributed by atoms with Crippen LogP contribution in [0.4, 0.5) is 0 Å². The molecule has 0 aliphatic heterocycles. The van der Waals surface area contributed by atoms with Gasteiger partial charge in [-0.2, -0.15) is 5.10 Å². The van der Waals surface area contributed by atoms with E-state index in [9.17, 15) is 4.79 Å². The summed E-state index contributed by atoms with van der Waals surface area (Å²) in [7, 11) is 0. The molecule has 14 heavy (non-hydrogen) atoms. The fraction of sp³-hybridized carbons (Fsp3) is 0.800. The maximum atomic E-state index is 10.4. The summed E-state index contributed by atoms with van der Waals surface area (Å²) in [6.45, 7) is 2.28. The van der Waals surface area contributed by atoms with Crippen LogP contribution >= 0.6 is 0 Å². The zero-order valence-corrected chi connectivity index (χ0v) is 8.62. The van der Waals surface area contributed by atoms with E-state index in [1.807, 2.05) is 0 Å². The maximum absolute atomic E-state index is 10.4. The second-order valence-corrected chi connectivity index (χ2v) is 3.85. The van der Waals surface area contributed by atoms with E-state index in [0.29, 0.717) is 0 Å². The van der Waals surface area contributed by atoms with E-state index in [2.05, 4.69) is 10.5 Å². The minimum Gasteiger partial charge on any atom is -0.477 e. The number of hydrogen-bond donors (Lipinski definition) is 2. The van der Waals surface area contributed by atoms with Gasteiger partial charge >= 0.3 is 5.97 Å². The van der Waals surface area contributed by atoms with Crippen LogP contribution in [0.3, 0.4) is 0 Å². The lowest BCUT2D eigenvalue weighted by Crippen LogP contribution is -2.17. The van der Waals surface area contributed by atoms with Gasteiger partial charge in [0, 0.05) is 6.54 Å². The average molecular weight is 198 g/mol. The minimum absolute atomic E-state index is 0.122. The Morgan fingerprint density at radius 3 is 2.71 bits per heavy atom. The Bertz CT molecular complexity index is 220. The van der Waals surface area contributed by atoms with Crippen molar-refractivity contribution in [1.82, 2.24) is 5.43 Å². The number of carboxylic acid groups (broad SMARTS) is 1. The third kappa shape index (κ3) is 3.77. The van der Waals surface area contributed by atoms with Crippen LogP contribution in [0.1, 0.15) is 39.0 Å². The van der Waals surface area contributed by atoms with Crippen LogP contribution in [0, 0.1) is 5.92 Å². The Labute approximate surface area is 84.4 Å². The summed E-state index contributed by atoms with van der Waals surface area (Å²) in [5, 5.41) is 12.3. The summed E-state index contributed by atoms with van der Waals surface area (Å²) in [5.41, 5.74) is 2.92. The summed E-state index contributed by atoms with van der Waals surface area (Å²) in [6, 6.07) is 0. The molecule has 0 atom stereocenters. The van der Waals surface area contributed by atoms with Gasteiger partial charge in [-0.25, -0.2) is 4.79 Å². The van der Waals surface area contributed by atoms with Gasteiger partial charge in [-0.15, -0.1) is 0 Å². The fourth-order valence-electron chi connectivity index (χ4n) is 1.79. The number of carbonyl (C=O) groups is 1. The topological polar surface area (TPSA) is 61.7 Å². The molecule has 0 amide bonds. The summed E-state index contributed by atoms with van der Waals surface area (Å²) < 4.78 is 0. The molecule has 1 aliphatic carbocycles. The fourth-order valence-corrected chi connectivity index (χ4v) is 1.79. The third-order valence-corrected chi connectivity index (χ3v) is 2.70. The van der Waals surface area contributed by atoms with Gasteiger partial charge in [0.15, 0.2) is 0 Å². The number of aliphatic carboxylic acids is 1. The predicted octanol–water partition coefficient (Wildman–Crippen LogP) is 1.62. The first-order valence-electron chi connectivity index (χ1n) is 5.20. The van der Waals surface area contributed by atoms with Gasteiger partial charge in [0.05, 0.1) is 0 Å². The van der Waals surface area contributed by atoms with Gasteiger partial charge in [-0.3, -0.25) is 0 Å². The Hall–Kier alpha value is -1.06. The Morgan fingerprint density at radius 2 is 2.14 bits per heavy atom. The summed E-state index contributed by atoms with van der Waals surface area (Å²) in [6.07, 6.45) is 6.45. The Morgan fingerprint density at radius 1 is 1.50 bits per heavy atom. The van der Waals surface area contributed by atoms with Crippen molar-refractivity contribution in [3.8, 4) is 0 Å². The lowest BCUT2D eigenvalue weighted by molar-refractivity contribution is -0.129. The van der Waals surface area contributed by atoms with Crippen molar-refractivity contribution in [1.29, 1.82) is 0 Å². The molecule has 0 saturated heterocycles. The van der Waals surface area contributed by atoms with Crippen LogP contribution < -0.4 is 5.43 Å². The zero-order chi connectivity index (χ0) is 10.4. The van der Waals surface area contributed by atoms with Gasteiger partial charge in [-0.05, 0) is 19.3 Å². The summed E-state index contributed by atoms with van der Waals surface area (Å²) in [5.74, 6) is -0.138. The lowest BCUT2D eigenvalue weighted by Gasteiger charge is -2.07. The van der Waals surface area contributed by atoms with Gasteiger partial charge in [0.25, 0.3) is 0 Å². The molecule has 0 aromatic rings. The molecule has 0 heterocycles. The summed E-state index contributed by atoms with van der Waals surface area (Å²) in [4.78, 5) is 10.4. The van der Waals surface area contributed by atoms with E-state index in [1.54, 1.807) is 0 Å². The Balaban J connectivity index is 2.09. The number of nitrogens with one attached hydrogen (secondary N) is 1. The molecule has 0 bridgehead atoms. The Kier molecular flexibility index (Phi) is 4.43. The maximum Gasteiger partial charge on any atom is 0.351 e. The lowest BCUT2D eigenvalue weighted by atomic mass is 10.1. The molecule has 1 aliphatic rings. The molecule has 1 rings (SSSR count). The molecular formula is C10H18N2O2. The second-order valence-electron chi connectivity index (χ2n) is 3.85. The van der Waals surface area contributed by atoms with E-state index in [4.69, 9.17) is 5.11 Å². The standard InChI is InChI=1S/C10H18N2O2/c1-8(10(13)14)12-11-7-6-9-4-2-3-5-9/h9,11H,2-7H2,1H3,(H,13,14)/b12-8+.